The number of fused-ring (bicyclic) bond motifs is 1. The van der Waals surface area contributed by atoms with Gasteiger partial charge in [0.25, 0.3) is 0 Å². The zero-order chi connectivity index (χ0) is 21.4. The van der Waals surface area contributed by atoms with Crippen molar-refractivity contribution in [2.24, 2.45) is 0 Å². The summed E-state index contributed by atoms with van der Waals surface area (Å²) in [5.41, 5.74) is 2.41. The molecule has 4 nitrogen and oxygen atoms in total. The predicted octanol–water partition coefficient (Wildman–Crippen LogP) is 5.88. The SMILES string of the molecule is CN(C)CCc1cn([Si](C)(C)C(C)(C)C)c2cccc(OC(=O)c3cccs3)c12. The highest BCUT2D eigenvalue weighted by Gasteiger charge is 2.39. The number of ether oxygens (including phenoxy) is 1. The van der Waals surface area contributed by atoms with Crippen molar-refractivity contribution < 1.29 is 9.53 Å². The summed E-state index contributed by atoms with van der Waals surface area (Å²) < 4.78 is 8.39. The average Bonchev–Trinajstić information content (AvgIpc) is 3.27. The summed E-state index contributed by atoms with van der Waals surface area (Å²) in [5, 5.41) is 3.17. The van der Waals surface area contributed by atoms with E-state index in [1.807, 2.05) is 23.6 Å². The standard InChI is InChI=1S/C23H32N2O2SSi/c1-23(2,3)29(6,7)25-16-17(13-14-24(4)5)21-18(25)10-8-11-19(21)27-22(26)20-12-9-15-28-20/h8-12,15-16H,13-14H2,1-7H3. The molecule has 3 aromatic rings. The fraction of sp³-hybridized carbons (Fsp3) is 0.435. The maximum atomic E-state index is 12.6. The van der Waals surface area contributed by atoms with Gasteiger partial charge in [0.15, 0.2) is 8.24 Å². The van der Waals surface area contributed by atoms with Gasteiger partial charge in [-0.2, -0.15) is 0 Å². The van der Waals surface area contributed by atoms with Crippen molar-refractivity contribution in [3.8, 4) is 5.75 Å². The number of benzene rings is 1. The molecule has 0 fully saturated rings. The molecular formula is C23H32N2O2SSi. The first-order valence-electron chi connectivity index (χ1n) is 10.1. The van der Waals surface area contributed by atoms with Gasteiger partial charge in [0.05, 0.1) is 0 Å². The molecule has 0 N–H and O–H groups in total. The van der Waals surface area contributed by atoms with Crippen molar-refractivity contribution in [3.05, 3.63) is 52.3 Å². The van der Waals surface area contributed by atoms with Gasteiger partial charge in [-0.3, -0.25) is 0 Å². The van der Waals surface area contributed by atoms with Crippen LogP contribution in [0.5, 0.6) is 5.75 Å². The van der Waals surface area contributed by atoms with Gasteiger partial charge in [0.2, 0.25) is 0 Å². The summed E-state index contributed by atoms with van der Waals surface area (Å²) in [6, 6.07) is 9.76. The Bertz CT molecular complexity index is 998. The third kappa shape index (κ3) is 4.34. The van der Waals surface area contributed by atoms with Crippen LogP contribution < -0.4 is 4.74 Å². The lowest BCUT2D eigenvalue weighted by Crippen LogP contribution is -2.44. The number of esters is 1. The summed E-state index contributed by atoms with van der Waals surface area (Å²) in [4.78, 5) is 15.5. The van der Waals surface area contributed by atoms with Crippen LogP contribution in [0.1, 0.15) is 36.0 Å². The Morgan fingerprint density at radius 3 is 2.48 bits per heavy atom. The Balaban J connectivity index is 2.14. The fourth-order valence-corrected chi connectivity index (χ4v) is 5.91. The van der Waals surface area contributed by atoms with E-state index in [0.29, 0.717) is 10.6 Å². The highest BCUT2D eigenvalue weighted by molar-refractivity contribution is 7.12. The van der Waals surface area contributed by atoms with Crippen LogP contribution in [0.2, 0.25) is 18.1 Å². The van der Waals surface area contributed by atoms with E-state index in [4.69, 9.17) is 4.74 Å². The lowest BCUT2D eigenvalue weighted by atomic mass is 10.1. The van der Waals surface area contributed by atoms with Crippen molar-refractivity contribution in [1.29, 1.82) is 0 Å². The summed E-state index contributed by atoms with van der Waals surface area (Å²) in [6.07, 6.45) is 3.23. The van der Waals surface area contributed by atoms with Crippen LogP contribution >= 0.6 is 11.3 Å². The number of carbonyl (C=O) groups excluding carboxylic acids is 1. The maximum absolute atomic E-state index is 12.6. The zero-order valence-electron chi connectivity index (χ0n) is 18.6. The molecule has 3 rings (SSSR count). The Morgan fingerprint density at radius 1 is 1.17 bits per heavy atom. The van der Waals surface area contributed by atoms with Crippen LogP contribution in [-0.2, 0) is 6.42 Å². The molecule has 156 valence electrons. The van der Waals surface area contributed by atoms with Crippen molar-refractivity contribution in [1.82, 2.24) is 9.13 Å². The van der Waals surface area contributed by atoms with Gasteiger partial charge in [-0.1, -0.05) is 46.0 Å². The van der Waals surface area contributed by atoms with Crippen LogP contribution in [0.3, 0.4) is 0 Å². The third-order valence-corrected chi connectivity index (χ3v) is 12.2. The van der Waals surface area contributed by atoms with E-state index < -0.39 is 8.24 Å². The molecule has 0 saturated carbocycles. The monoisotopic (exact) mass is 428 g/mol. The van der Waals surface area contributed by atoms with Gasteiger partial charge >= 0.3 is 5.97 Å². The molecule has 0 aliphatic rings. The van der Waals surface area contributed by atoms with E-state index in [9.17, 15) is 4.79 Å². The second kappa shape index (κ2) is 8.09. The topological polar surface area (TPSA) is 34.5 Å². The number of hydrogen-bond donors (Lipinski definition) is 0. The highest BCUT2D eigenvalue weighted by Crippen LogP contribution is 2.41. The molecular weight excluding hydrogens is 396 g/mol. The van der Waals surface area contributed by atoms with Crippen molar-refractivity contribution in [3.63, 3.8) is 0 Å². The fourth-order valence-electron chi connectivity index (χ4n) is 3.32. The van der Waals surface area contributed by atoms with Gasteiger partial charge in [-0.15, -0.1) is 11.3 Å². The first-order valence-corrected chi connectivity index (χ1v) is 13.9. The number of thiophene rings is 1. The molecule has 0 saturated heterocycles. The van der Waals surface area contributed by atoms with E-state index in [2.05, 4.69) is 69.4 Å². The lowest BCUT2D eigenvalue weighted by molar-refractivity contribution is 0.0742. The summed E-state index contributed by atoms with van der Waals surface area (Å²) >= 11 is 1.41. The predicted molar refractivity (Wildman–Crippen MR) is 126 cm³/mol. The molecule has 0 aliphatic carbocycles. The van der Waals surface area contributed by atoms with E-state index >= 15 is 0 Å². The third-order valence-electron chi connectivity index (χ3n) is 6.06. The Morgan fingerprint density at radius 2 is 1.90 bits per heavy atom. The molecule has 1 aromatic carbocycles. The minimum Gasteiger partial charge on any atom is -0.422 e. The second-order valence-corrected chi connectivity index (χ2v) is 15.5. The molecule has 0 atom stereocenters. The van der Waals surface area contributed by atoms with E-state index in [1.165, 1.54) is 22.4 Å². The number of nitrogens with zero attached hydrogens (tertiary/aromatic N) is 2. The normalized spacial score (nSPS) is 12.7. The number of hydrogen-bond acceptors (Lipinski definition) is 4. The van der Waals surface area contributed by atoms with Gasteiger partial charge < -0.3 is 13.9 Å². The van der Waals surface area contributed by atoms with E-state index in [1.54, 1.807) is 6.07 Å². The highest BCUT2D eigenvalue weighted by atomic mass is 32.1. The van der Waals surface area contributed by atoms with E-state index in [-0.39, 0.29) is 11.0 Å². The van der Waals surface area contributed by atoms with Crippen LogP contribution in [0, 0.1) is 0 Å². The van der Waals surface area contributed by atoms with Crippen molar-refractivity contribution in [2.45, 2.75) is 45.3 Å². The van der Waals surface area contributed by atoms with Crippen LogP contribution in [0.15, 0.2) is 41.9 Å². The lowest BCUT2D eigenvalue weighted by Gasteiger charge is -2.38. The largest absolute Gasteiger partial charge is 0.422 e. The molecule has 2 aromatic heterocycles. The number of likely N-dealkylation sites (N-methyl/N-ethyl adjacent to an activating group) is 1. The molecule has 0 aliphatic heterocycles. The van der Waals surface area contributed by atoms with Crippen LogP contribution in [0.4, 0.5) is 0 Å². The van der Waals surface area contributed by atoms with Gasteiger partial charge in [0, 0.05) is 17.4 Å². The average molecular weight is 429 g/mol. The molecule has 0 unspecified atom stereocenters. The molecule has 2 heterocycles. The van der Waals surface area contributed by atoms with Crippen molar-refractivity contribution >= 4 is 36.4 Å². The Hall–Kier alpha value is -1.89. The quantitative estimate of drug-likeness (QED) is 0.279. The second-order valence-electron chi connectivity index (χ2n) is 9.40. The first-order chi connectivity index (χ1) is 13.5. The zero-order valence-corrected chi connectivity index (χ0v) is 20.4. The number of rotatable bonds is 6. The van der Waals surface area contributed by atoms with Crippen LogP contribution in [0.25, 0.3) is 10.9 Å². The molecule has 0 bridgehead atoms. The summed E-state index contributed by atoms with van der Waals surface area (Å²) in [5.74, 6) is 0.373. The molecule has 6 heteroatoms. The minimum absolute atomic E-state index is 0.196. The van der Waals surface area contributed by atoms with Crippen LogP contribution in [-0.4, -0.2) is 44.0 Å². The number of carbonyl (C=O) groups is 1. The minimum atomic E-state index is -1.83. The van der Waals surface area contributed by atoms with Gasteiger partial charge in [0.1, 0.15) is 10.6 Å². The van der Waals surface area contributed by atoms with Gasteiger partial charge in [-0.25, -0.2) is 4.79 Å². The van der Waals surface area contributed by atoms with Gasteiger partial charge in [-0.05, 0) is 60.9 Å². The summed E-state index contributed by atoms with van der Waals surface area (Å²) in [6.45, 7) is 12.7. The van der Waals surface area contributed by atoms with E-state index in [0.717, 1.165) is 18.4 Å². The first kappa shape index (κ1) is 21.8. The number of aromatic nitrogens is 1. The molecule has 0 amide bonds. The molecule has 0 radical (unpaired) electrons. The summed E-state index contributed by atoms with van der Waals surface area (Å²) in [7, 11) is 2.34. The molecule has 0 spiro atoms. The Labute approximate surface area is 179 Å². The molecule has 29 heavy (non-hydrogen) atoms. The smallest absolute Gasteiger partial charge is 0.353 e. The Kier molecular flexibility index (Phi) is 6.08. The maximum Gasteiger partial charge on any atom is 0.353 e. The van der Waals surface area contributed by atoms with Crippen molar-refractivity contribution in [2.75, 3.05) is 20.6 Å².